The van der Waals surface area contributed by atoms with Gasteiger partial charge in [-0.05, 0) is 13.8 Å². The number of hydrogen-bond donors (Lipinski definition) is 0. The van der Waals surface area contributed by atoms with E-state index in [1.54, 1.807) is 33.0 Å². The maximum absolute atomic E-state index is 12.2. The molecule has 1 amide bonds. The number of Topliss-reactive ketones (excluding diaryl/α,β-unsaturated/α-hetero) is 1. The summed E-state index contributed by atoms with van der Waals surface area (Å²) in [4.78, 5) is 25.0. The first kappa shape index (κ1) is 12.4. The van der Waals surface area contributed by atoms with E-state index in [9.17, 15) is 9.59 Å². The van der Waals surface area contributed by atoms with Crippen molar-refractivity contribution in [1.82, 2.24) is 4.90 Å². The summed E-state index contributed by atoms with van der Waals surface area (Å²) in [5.74, 6) is -0.167. The Hall–Kier alpha value is -1.64. The number of ketones is 1. The van der Waals surface area contributed by atoms with Gasteiger partial charge in [0.25, 0.3) is 0 Å². The molecule has 0 fully saturated rings. The van der Waals surface area contributed by atoms with Gasteiger partial charge < -0.3 is 4.90 Å². The third-order valence-electron chi connectivity index (χ3n) is 2.90. The second-order valence-corrected chi connectivity index (χ2v) is 4.33. The minimum atomic E-state index is -0.812. The lowest BCUT2D eigenvalue weighted by atomic mass is 9.91. The van der Waals surface area contributed by atoms with E-state index in [0.717, 1.165) is 0 Å². The molecule has 3 nitrogen and oxygen atoms in total. The van der Waals surface area contributed by atoms with Crippen LogP contribution in [0.3, 0.4) is 0 Å². The van der Waals surface area contributed by atoms with Gasteiger partial charge in [-0.25, -0.2) is 0 Å². The van der Waals surface area contributed by atoms with Crippen LogP contribution >= 0.6 is 0 Å². The number of carbonyl (C=O) groups is 2. The van der Waals surface area contributed by atoms with Gasteiger partial charge in [-0.2, -0.15) is 0 Å². The highest BCUT2D eigenvalue weighted by Crippen LogP contribution is 2.19. The van der Waals surface area contributed by atoms with Crippen LogP contribution in [0, 0.1) is 0 Å². The predicted octanol–water partition coefficient (Wildman–Crippen LogP) is 2.13. The van der Waals surface area contributed by atoms with Crippen molar-refractivity contribution in [2.45, 2.75) is 26.3 Å². The van der Waals surface area contributed by atoms with Gasteiger partial charge in [0.05, 0.1) is 0 Å². The maximum Gasteiger partial charge on any atom is 0.220 e. The molecule has 86 valence electrons. The summed E-state index contributed by atoms with van der Waals surface area (Å²) >= 11 is 0. The van der Waals surface area contributed by atoms with E-state index in [2.05, 4.69) is 0 Å². The van der Waals surface area contributed by atoms with Crippen molar-refractivity contribution in [1.29, 1.82) is 0 Å². The highest BCUT2D eigenvalue weighted by Gasteiger charge is 2.34. The molecule has 0 atom stereocenters. The molecule has 0 heterocycles. The standard InChI is InChI=1S/C13H17NO2/c1-10(15)14(4)13(2,3)12(16)11-8-6-5-7-9-11/h5-9H,1-4H3. The topological polar surface area (TPSA) is 37.4 Å². The van der Waals surface area contributed by atoms with Crippen molar-refractivity contribution in [3.8, 4) is 0 Å². The summed E-state index contributed by atoms with van der Waals surface area (Å²) < 4.78 is 0. The summed E-state index contributed by atoms with van der Waals surface area (Å²) in [6, 6.07) is 9.02. The Bertz CT molecular complexity index is 396. The first-order valence-electron chi connectivity index (χ1n) is 5.21. The van der Waals surface area contributed by atoms with Crippen molar-refractivity contribution in [2.24, 2.45) is 0 Å². The fourth-order valence-corrected chi connectivity index (χ4v) is 1.49. The van der Waals surface area contributed by atoms with Crippen LogP contribution in [0.1, 0.15) is 31.1 Å². The second-order valence-electron chi connectivity index (χ2n) is 4.33. The molecule has 1 aromatic rings. The number of benzene rings is 1. The molecule has 0 spiro atoms. The quantitative estimate of drug-likeness (QED) is 0.730. The van der Waals surface area contributed by atoms with Crippen molar-refractivity contribution < 1.29 is 9.59 Å². The normalized spacial score (nSPS) is 11.0. The van der Waals surface area contributed by atoms with Gasteiger partial charge in [-0.1, -0.05) is 30.3 Å². The molecule has 0 aromatic heterocycles. The van der Waals surface area contributed by atoms with Gasteiger partial charge in [0.2, 0.25) is 5.91 Å². The first-order valence-corrected chi connectivity index (χ1v) is 5.21. The third kappa shape index (κ3) is 2.30. The molecule has 0 N–H and O–H groups in total. The Morgan fingerprint density at radius 1 is 1.12 bits per heavy atom. The van der Waals surface area contributed by atoms with Gasteiger partial charge in [0.1, 0.15) is 5.54 Å². The summed E-state index contributed by atoms with van der Waals surface area (Å²) in [6.07, 6.45) is 0. The maximum atomic E-state index is 12.2. The summed E-state index contributed by atoms with van der Waals surface area (Å²) in [5.41, 5.74) is -0.187. The SMILES string of the molecule is CC(=O)N(C)C(C)(C)C(=O)c1ccccc1. The lowest BCUT2D eigenvalue weighted by molar-refractivity contribution is -0.130. The minimum absolute atomic E-state index is 0.0502. The van der Waals surface area contributed by atoms with E-state index in [-0.39, 0.29) is 11.7 Å². The Balaban J connectivity index is 3.01. The van der Waals surface area contributed by atoms with Crippen LogP contribution in [0.15, 0.2) is 30.3 Å². The monoisotopic (exact) mass is 219 g/mol. The lowest BCUT2D eigenvalue weighted by Gasteiger charge is -2.33. The van der Waals surface area contributed by atoms with E-state index in [4.69, 9.17) is 0 Å². The number of likely N-dealkylation sites (N-methyl/N-ethyl adjacent to an activating group) is 1. The zero-order valence-electron chi connectivity index (χ0n) is 10.2. The molecular formula is C13H17NO2. The highest BCUT2D eigenvalue weighted by molar-refractivity contribution is 6.04. The van der Waals surface area contributed by atoms with Crippen LogP contribution in [-0.4, -0.2) is 29.2 Å². The van der Waals surface area contributed by atoms with Crippen molar-refractivity contribution in [3.05, 3.63) is 35.9 Å². The number of hydrogen-bond acceptors (Lipinski definition) is 2. The molecule has 0 unspecified atom stereocenters. The molecule has 1 aromatic carbocycles. The number of carbonyl (C=O) groups excluding carboxylic acids is 2. The fraction of sp³-hybridized carbons (Fsp3) is 0.385. The molecule has 3 heteroatoms. The average molecular weight is 219 g/mol. The first-order chi connectivity index (χ1) is 7.37. The van der Waals surface area contributed by atoms with E-state index in [1.807, 2.05) is 18.2 Å². The van der Waals surface area contributed by atoms with Crippen LogP contribution in [0.5, 0.6) is 0 Å². The van der Waals surface area contributed by atoms with Crippen molar-refractivity contribution in [3.63, 3.8) is 0 Å². The molecule has 0 saturated carbocycles. The van der Waals surface area contributed by atoms with Gasteiger partial charge in [0, 0.05) is 19.5 Å². The van der Waals surface area contributed by atoms with Crippen molar-refractivity contribution >= 4 is 11.7 Å². The molecule has 0 radical (unpaired) electrons. The van der Waals surface area contributed by atoms with Crippen LogP contribution < -0.4 is 0 Å². The van der Waals surface area contributed by atoms with Crippen LogP contribution in [-0.2, 0) is 4.79 Å². The van der Waals surface area contributed by atoms with Gasteiger partial charge in [-0.3, -0.25) is 9.59 Å². The number of rotatable bonds is 3. The highest BCUT2D eigenvalue weighted by atomic mass is 16.2. The summed E-state index contributed by atoms with van der Waals surface area (Å²) in [5, 5.41) is 0. The second kappa shape index (κ2) is 4.47. The average Bonchev–Trinajstić information content (AvgIpc) is 2.28. The Morgan fingerprint density at radius 3 is 2.06 bits per heavy atom. The fourth-order valence-electron chi connectivity index (χ4n) is 1.49. The van der Waals surface area contributed by atoms with Crippen molar-refractivity contribution in [2.75, 3.05) is 7.05 Å². The number of amides is 1. The van der Waals surface area contributed by atoms with E-state index >= 15 is 0 Å². The summed E-state index contributed by atoms with van der Waals surface area (Å²) in [6.45, 7) is 4.97. The largest absolute Gasteiger partial charge is 0.333 e. The zero-order valence-corrected chi connectivity index (χ0v) is 10.2. The van der Waals surface area contributed by atoms with Crippen LogP contribution in [0.2, 0.25) is 0 Å². The third-order valence-corrected chi connectivity index (χ3v) is 2.90. The Morgan fingerprint density at radius 2 is 1.62 bits per heavy atom. The Labute approximate surface area is 96.1 Å². The lowest BCUT2D eigenvalue weighted by Crippen LogP contribution is -2.50. The molecular weight excluding hydrogens is 202 g/mol. The van der Waals surface area contributed by atoms with Gasteiger partial charge in [-0.15, -0.1) is 0 Å². The van der Waals surface area contributed by atoms with E-state index in [0.29, 0.717) is 5.56 Å². The molecule has 16 heavy (non-hydrogen) atoms. The smallest absolute Gasteiger partial charge is 0.220 e. The van der Waals surface area contributed by atoms with E-state index < -0.39 is 5.54 Å². The van der Waals surface area contributed by atoms with Gasteiger partial charge in [0.15, 0.2) is 5.78 Å². The molecule has 0 aliphatic rings. The molecule has 0 aliphatic carbocycles. The Kier molecular flexibility index (Phi) is 3.48. The molecule has 0 aliphatic heterocycles. The summed E-state index contributed by atoms with van der Waals surface area (Å²) in [7, 11) is 1.64. The molecule has 0 saturated heterocycles. The minimum Gasteiger partial charge on any atom is -0.333 e. The van der Waals surface area contributed by atoms with Crippen LogP contribution in [0.4, 0.5) is 0 Å². The van der Waals surface area contributed by atoms with Crippen LogP contribution in [0.25, 0.3) is 0 Å². The predicted molar refractivity (Wildman–Crippen MR) is 63.3 cm³/mol. The van der Waals surface area contributed by atoms with Gasteiger partial charge >= 0.3 is 0 Å². The van der Waals surface area contributed by atoms with E-state index in [1.165, 1.54) is 11.8 Å². The number of nitrogens with zero attached hydrogens (tertiary/aromatic N) is 1. The molecule has 0 bridgehead atoms. The zero-order chi connectivity index (χ0) is 12.3. The molecule has 1 rings (SSSR count).